The molecule has 2 aromatic carbocycles. The van der Waals surface area contributed by atoms with E-state index in [1.807, 2.05) is 30.3 Å². The van der Waals surface area contributed by atoms with Crippen LogP contribution in [0.1, 0.15) is 5.69 Å². The van der Waals surface area contributed by atoms with Crippen molar-refractivity contribution in [2.75, 3.05) is 7.11 Å². The van der Waals surface area contributed by atoms with Gasteiger partial charge >= 0.3 is 0 Å². The Morgan fingerprint density at radius 1 is 1.05 bits per heavy atom. The number of nitrogens with zero attached hydrogens (tertiary/aromatic N) is 2. The molecule has 4 aromatic rings. The molecule has 0 aliphatic carbocycles. The Balaban J connectivity index is 2.08. The third kappa shape index (κ3) is 1.76. The number of aromatic nitrogens is 2. The number of imidazole rings is 1. The molecular formula is C17H14N2OS. The maximum absolute atomic E-state index is 5.52. The summed E-state index contributed by atoms with van der Waals surface area (Å²) in [6, 6.07) is 16.4. The summed E-state index contributed by atoms with van der Waals surface area (Å²) in [6.45, 7) is 2.11. The number of rotatable bonds is 2. The van der Waals surface area contributed by atoms with E-state index in [1.54, 1.807) is 18.4 Å². The first-order chi connectivity index (χ1) is 10.3. The molecule has 0 saturated heterocycles. The van der Waals surface area contributed by atoms with Gasteiger partial charge in [0.1, 0.15) is 11.3 Å². The van der Waals surface area contributed by atoms with E-state index in [4.69, 9.17) is 9.72 Å². The highest BCUT2D eigenvalue weighted by Crippen LogP contribution is 2.36. The van der Waals surface area contributed by atoms with Gasteiger partial charge in [-0.25, -0.2) is 4.98 Å². The molecule has 0 bridgehead atoms. The van der Waals surface area contributed by atoms with Gasteiger partial charge in [-0.2, -0.15) is 0 Å². The first-order valence-electron chi connectivity index (χ1n) is 6.79. The number of ether oxygens (including phenoxy) is 1. The topological polar surface area (TPSA) is 26.5 Å². The number of thiazole rings is 1. The van der Waals surface area contributed by atoms with Crippen molar-refractivity contribution < 1.29 is 4.74 Å². The standard InChI is InChI=1S/C17H14N2OS/c1-11-15(12-7-4-3-5-8-12)18-17-19(11)16-13(20-2)9-6-10-14(16)21-17/h3-10H,1-2H3. The average Bonchev–Trinajstić information content (AvgIpc) is 3.04. The number of fused-ring (bicyclic) bond motifs is 3. The monoisotopic (exact) mass is 294 g/mol. The summed E-state index contributed by atoms with van der Waals surface area (Å²) in [6.07, 6.45) is 0. The van der Waals surface area contributed by atoms with Gasteiger partial charge in [0.2, 0.25) is 0 Å². The predicted molar refractivity (Wildman–Crippen MR) is 87.3 cm³/mol. The summed E-state index contributed by atoms with van der Waals surface area (Å²) < 4.78 is 8.91. The Morgan fingerprint density at radius 2 is 1.86 bits per heavy atom. The van der Waals surface area contributed by atoms with Crippen LogP contribution in [-0.2, 0) is 0 Å². The van der Waals surface area contributed by atoms with Crippen LogP contribution in [0.25, 0.3) is 26.4 Å². The van der Waals surface area contributed by atoms with Crippen molar-refractivity contribution in [3.8, 4) is 17.0 Å². The molecule has 21 heavy (non-hydrogen) atoms. The van der Waals surface area contributed by atoms with Crippen molar-refractivity contribution in [3.63, 3.8) is 0 Å². The maximum atomic E-state index is 5.52. The molecular weight excluding hydrogens is 280 g/mol. The molecule has 0 fully saturated rings. The number of methoxy groups -OCH3 is 1. The van der Waals surface area contributed by atoms with Crippen molar-refractivity contribution >= 4 is 26.5 Å². The molecule has 0 aliphatic heterocycles. The first kappa shape index (κ1) is 12.4. The SMILES string of the molecule is COc1cccc2sc3nc(-c4ccccc4)c(C)n3c12. The molecule has 4 rings (SSSR count). The van der Waals surface area contributed by atoms with Gasteiger partial charge in [-0.1, -0.05) is 47.7 Å². The second-order valence-corrected chi connectivity index (χ2v) is 5.95. The highest BCUT2D eigenvalue weighted by Gasteiger charge is 2.17. The fourth-order valence-electron chi connectivity index (χ4n) is 2.75. The molecule has 2 aromatic heterocycles. The zero-order chi connectivity index (χ0) is 14.4. The zero-order valence-electron chi connectivity index (χ0n) is 11.8. The van der Waals surface area contributed by atoms with Crippen LogP contribution in [0.2, 0.25) is 0 Å². The molecule has 0 aliphatic rings. The minimum absolute atomic E-state index is 0.888. The molecule has 0 radical (unpaired) electrons. The molecule has 0 N–H and O–H groups in total. The fraction of sp³-hybridized carbons (Fsp3) is 0.118. The number of benzene rings is 2. The lowest BCUT2D eigenvalue weighted by atomic mass is 10.1. The summed E-state index contributed by atoms with van der Waals surface area (Å²) in [4.78, 5) is 5.83. The van der Waals surface area contributed by atoms with E-state index in [-0.39, 0.29) is 0 Å². The van der Waals surface area contributed by atoms with Crippen molar-refractivity contribution in [1.82, 2.24) is 9.38 Å². The van der Waals surface area contributed by atoms with Crippen LogP contribution in [0.3, 0.4) is 0 Å². The van der Waals surface area contributed by atoms with E-state index in [1.165, 1.54) is 4.70 Å². The highest BCUT2D eigenvalue weighted by atomic mass is 32.1. The summed E-state index contributed by atoms with van der Waals surface area (Å²) in [5.41, 5.74) is 4.43. The summed E-state index contributed by atoms with van der Waals surface area (Å²) >= 11 is 1.69. The van der Waals surface area contributed by atoms with E-state index in [0.29, 0.717) is 0 Å². The molecule has 2 heterocycles. The largest absolute Gasteiger partial charge is 0.495 e. The van der Waals surface area contributed by atoms with Crippen LogP contribution in [0.5, 0.6) is 5.75 Å². The van der Waals surface area contributed by atoms with Crippen molar-refractivity contribution in [2.45, 2.75) is 6.92 Å². The Morgan fingerprint density at radius 3 is 2.62 bits per heavy atom. The fourth-order valence-corrected chi connectivity index (χ4v) is 3.83. The van der Waals surface area contributed by atoms with Crippen LogP contribution in [0.4, 0.5) is 0 Å². The number of aryl methyl sites for hydroxylation is 1. The molecule has 0 saturated carbocycles. The normalized spacial score (nSPS) is 11.3. The summed E-state index contributed by atoms with van der Waals surface area (Å²) in [5.74, 6) is 0.888. The van der Waals surface area contributed by atoms with E-state index in [0.717, 1.165) is 33.2 Å². The molecule has 104 valence electrons. The lowest BCUT2D eigenvalue weighted by molar-refractivity contribution is 0.418. The van der Waals surface area contributed by atoms with Crippen molar-refractivity contribution in [2.24, 2.45) is 0 Å². The molecule has 0 amide bonds. The molecule has 0 unspecified atom stereocenters. The molecule has 4 heteroatoms. The van der Waals surface area contributed by atoms with Gasteiger partial charge in [-0.05, 0) is 19.1 Å². The Labute approximate surface area is 126 Å². The molecule has 0 atom stereocenters. The number of hydrogen-bond donors (Lipinski definition) is 0. The van der Waals surface area contributed by atoms with Crippen LogP contribution < -0.4 is 4.74 Å². The maximum Gasteiger partial charge on any atom is 0.195 e. The smallest absolute Gasteiger partial charge is 0.195 e. The van der Waals surface area contributed by atoms with Gasteiger partial charge in [0.05, 0.1) is 17.5 Å². The third-order valence-corrected chi connectivity index (χ3v) is 4.74. The minimum Gasteiger partial charge on any atom is -0.495 e. The van der Waals surface area contributed by atoms with Crippen LogP contribution in [0, 0.1) is 6.92 Å². The van der Waals surface area contributed by atoms with Crippen LogP contribution in [0.15, 0.2) is 48.5 Å². The predicted octanol–water partition coefficient (Wildman–Crippen LogP) is 4.53. The first-order valence-corrected chi connectivity index (χ1v) is 7.61. The Kier molecular flexibility index (Phi) is 2.72. The minimum atomic E-state index is 0.888. The third-order valence-electron chi connectivity index (χ3n) is 3.73. The summed E-state index contributed by atoms with van der Waals surface area (Å²) in [7, 11) is 1.71. The van der Waals surface area contributed by atoms with Crippen molar-refractivity contribution in [1.29, 1.82) is 0 Å². The lowest BCUT2D eigenvalue weighted by Crippen LogP contribution is -1.90. The summed E-state index contributed by atoms with van der Waals surface area (Å²) in [5, 5.41) is 0. The second kappa shape index (κ2) is 4.60. The Hall–Kier alpha value is -2.33. The number of hydrogen-bond acceptors (Lipinski definition) is 3. The van der Waals surface area contributed by atoms with E-state index < -0.39 is 0 Å². The van der Waals surface area contributed by atoms with Gasteiger partial charge in [0.25, 0.3) is 0 Å². The average molecular weight is 294 g/mol. The van der Waals surface area contributed by atoms with Gasteiger partial charge in [-0.3, -0.25) is 4.40 Å². The van der Waals surface area contributed by atoms with Gasteiger partial charge < -0.3 is 4.74 Å². The Bertz CT molecular complexity index is 938. The van der Waals surface area contributed by atoms with Crippen LogP contribution in [-0.4, -0.2) is 16.5 Å². The van der Waals surface area contributed by atoms with E-state index in [2.05, 4.69) is 29.5 Å². The van der Waals surface area contributed by atoms with Crippen LogP contribution >= 0.6 is 11.3 Å². The molecule has 3 nitrogen and oxygen atoms in total. The van der Waals surface area contributed by atoms with Crippen molar-refractivity contribution in [3.05, 3.63) is 54.2 Å². The van der Waals surface area contributed by atoms with Gasteiger partial charge in [0.15, 0.2) is 4.96 Å². The van der Waals surface area contributed by atoms with Gasteiger partial charge in [-0.15, -0.1) is 0 Å². The number of para-hydroxylation sites is 1. The lowest BCUT2D eigenvalue weighted by Gasteiger charge is -2.04. The zero-order valence-corrected chi connectivity index (χ0v) is 12.6. The van der Waals surface area contributed by atoms with Gasteiger partial charge in [0, 0.05) is 11.3 Å². The molecule has 0 spiro atoms. The quantitative estimate of drug-likeness (QED) is 0.543. The second-order valence-electron chi connectivity index (χ2n) is 4.94. The van der Waals surface area contributed by atoms with E-state index in [9.17, 15) is 0 Å². The van der Waals surface area contributed by atoms with E-state index >= 15 is 0 Å². The highest BCUT2D eigenvalue weighted by molar-refractivity contribution is 7.23.